The summed E-state index contributed by atoms with van der Waals surface area (Å²) in [6.07, 6.45) is -1.46. The van der Waals surface area contributed by atoms with E-state index in [1.54, 1.807) is 0 Å². The van der Waals surface area contributed by atoms with Crippen molar-refractivity contribution in [3.05, 3.63) is 12.0 Å². The molecular formula is C12H18N4O5S. The zero-order valence-electron chi connectivity index (χ0n) is 11.8. The van der Waals surface area contributed by atoms with Crippen LogP contribution in [0.15, 0.2) is 11.3 Å². The number of aromatic nitrogens is 2. The molecule has 9 nitrogen and oxygen atoms in total. The second-order valence-corrected chi connectivity index (χ2v) is 6.46. The van der Waals surface area contributed by atoms with Gasteiger partial charge in [-0.2, -0.15) is 0 Å². The van der Waals surface area contributed by atoms with Crippen LogP contribution in [-0.2, 0) is 9.79 Å². The lowest BCUT2D eigenvalue weighted by molar-refractivity contribution is -0.0519. The van der Waals surface area contributed by atoms with Crippen LogP contribution in [0.3, 0.4) is 0 Å². The average Bonchev–Trinajstić information content (AvgIpc) is 3.03. The topological polar surface area (TPSA) is 132 Å². The summed E-state index contributed by atoms with van der Waals surface area (Å²) in [4.78, 5) is 8.18. The van der Waals surface area contributed by atoms with Gasteiger partial charge < -0.3 is 30.5 Å². The Kier molecular flexibility index (Phi) is 4.14. The van der Waals surface area contributed by atoms with E-state index >= 15 is 0 Å². The molecule has 5 N–H and O–H groups in total. The van der Waals surface area contributed by atoms with Crippen molar-refractivity contribution >= 4 is 23.9 Å². The summed E-state index contributed by atoms with van der Waals surface area (Å²) in [5.41, 5.74) is 0.305. The van der Waals surface area contributed by atoms with E-state index in [0.717, 1.165) is 0 Å². The van der Waals surface area contributed by atoms with Crippen molar-refractivity contribution < 1.29 is 25.2 Å². The van der Waals surface area contributed by atoms with Crippen molar-refractivity contribution in [1.29, 1.82) is 0 Å². The molecule has 0 spiro atoms. The molecule has 2 aliphatic heterocycles. The molecule has 5 atom stereocenters. The number of hydrogen-bond acceptors (Lipinski definition) is 9. The lowest BCUT2D eigenvalue weighted by Crippen LogP contribution is -2.33. The van der Waals surface area contributed by atoms with Crippen LogP contribution in [0.25, 0.3) is 0 Å². The monoisotopic (exact) mass is 330 g/mol. The summed E-state index contributed by atoms with van der Waals surface area (Å²) in [6.45, 7) is 1.49. The van der Waals surface area contributed by atoms with Gasteiger partial charge in [-0.3, -0.25) is 4.57 Å². The number of hydrogen-bond donors (Lipinski definition) is 5. The number of imidazole rings is 1. The number of anilines is 1. The maximum Gasteiger partial charge on any atom is 0.254 e. The van der Waals surface area contributed by atoms with Crippen molar-refractivity contribution in [3.63, 3.8) is 0 Å². The van der Waals surface area contributed by atoms with Crippen molar-refractivity contribution in [2.45, 2.75) is 36.5 Å². The maximum absolute atomic E-state index is 10.6. The van der Waals surface area contributed by atoms with Gasteiger partial charge in [-0.15, -0.1) is 0 Å². The third-order valence-electron chi connectivity index (χ3n) is 3.68. The molecule has 10 heteroatoms. The molecule has 0 radical (unpaired) electrons. The third-order valence-corrected chi connectivity index (χ3v) is 4.67. The predicted octanol–water partition coefficient (Wildman–Crippen LogP) is -1.20. The molecule has 0 saturated carbocycles. The van der Waals surface area contributed by atoms with Crippen molar-refractivity contribution in [2.75, 3.05) is 17.7 Å². The molecule has 1 unspecified atom stereocenters. The standard InChI is InChI=1S/C12H18N4O5S/c1-2-22-12(20)9-10(13-4-15-12)16(5-14-9)11-8(19)7(18)6(3-17)21-11/h4-8,11,17-20H,2-3H2,1H3,(H,13,15)/t6-,7-,8-,11-,12?/m1/s1. The zero-order chi connectivity index (χ0) is 15.9. The van der Waals surface area contributed by atoms with Gasteiger partial charge in [-0.25, -0.2) is 9.98 Å². The van der Waals surface area contributed by atoms with Gasteiger partial charge in [0.2, 0.25) is 0 Å². The summed E-state index contributed by atoms with van der Waals surface area (Å²) in [6, 6.07) is 0. The fourth-order valence-electron chi connectivity index (χ4n) is 2.59. The second kappa shape index (κ2) is 5.80. The molecule has 0 aromatic carbocycles. The summed E-state index contributed by atoms with van der Waals surface area (Å²) < 4.78 is 6.95. The Morgan fingerprint density at radius 2 is 2.23 bits per heavy atom. The first-order valence-corrected chi connectivity index (χ1v) is 7.86. The highest BCUT2D eigenvalue weighted by molar-refractivity contribution is 8.00. The van der Waals surface area contributed by atoms with E-state index in [1.807, 2.05) is 6.92 Å². The Morgan fingerprint density at radius 1 is 1.45 bits per heavy atom. The minimum absolute atomic E-state index is 0.305. The lowest BCUT2D eigenvalue weighted by atomic mass is 10.1. The molecule has 2 aliphatic rings. The fourth-order valence-corrected chi connectivity index (χ4v) is 3.41. The molecule has 0 bridgehead atoms. The third kappa shape index (κ3) is 2.32. The molecular weight excluding hydrogens is 312 g/mol. The van der Waals surface area contributed by atoms with Gasteiger partial charge in [0.05, 0.1) is 19.3 Å². The molecule has 1 fully saturated rings. The molecule has 1 aromatic rings. The summed E-state index contributed by atoms with van der Waals surface area (Å²) in [7, 11) is 0. The molecule has 0 amide bonds. The van der Waals surface area contributed by atoms with E-state index in [-0.39, 0.29) is 0 Å². The molecule has 1 aromatic heterocycles. The Labute approximate surface area is 130 Å². The van der Waals surface area contributed by atoms with E-state index in [1.165, 1.54) is 29.0 Å². The lowest BCUT2D eigenvalue weighted by Gasteiger charge is -2.27. The molecule has 1 saturated heterocycles. The fraction of sp³-hybridized carbons (Fsp3) is 0.667. The van der Waals surface area contributed by atoms with Crippen LogP contribution >= 0.6 is 11.8 Å². The number of aliphatic hydroxyl groups is 4. The van der Waals surface area contributed by atoms with E-state index in [0.29, 0.717) is 17.3 Å². The largest absolute Gasteiger partial charge is 0.394 e. The van der Waals surface area contributed by atoms with Crippen molar-refractivity contribution in [1.82, 2.24) is 9.55 Å². The number of fused-ring (bicyclic) bond motifs is 1. The normalized spacial score (nSPS) is 37.1. The first-order chi connectivity index (χ1) is 10.5. The predicted molar refractivity (Wildman–Crippen MR) is 79.4 cm³/mol. The van der Waals surface area contributed by atoms with Gasteiger partial charge in [-0.05, 0) is 5.75 Å². The highest BCUT2D eigenvalue weighted by atomic mass is 32.2. The molecule has 0 aliphatic carbocycles. The molecule has 3 heterocycles. The summed E-state index contributed by atoms with van der Waals surface area (Å²) in [5, 5.41) is 41.0. The van der Waals surface area contributed by atoms with E-state index in [4.69, 9.17) is 9.84 Å². The van der Waals surface area contributed by atoms with Crippen LogP contribution in [0.4, 0.5) is 5.82 Å². The Balaban J connectivity index is 1.94. The average molecular weight is 330 g/mol. The highest BCUT2D eigenvalue weighted by Crippen LogP contribution is 2.42. The highest BCUT2D eigenvalue weighted by Gasteiger charge is 2.46. The van der Waals surface area contributed by atoms with Gasteiger partial charge in [0, 0.05) is 0 Å². The first-order valence-electron chi connectivity index (χ1n) is 6.88. The Hall–Kier alpha value is -1.17. The first kappa shape index (κ1) is 15.7. The second-order valence-electron chi connectivity index (χ2n) is 5.02. The number of rotatable bonds is 4. The van der Waals surface area contributed by atoms with E-state index in [2.05, 4.69) is 15.3 Å². The molecule has 122 valence electrons. The number of ether oxygens (including phenoxy) is 1. The minimum atomic E-state index is -1.50. The number of nitrogens with one attached hydrogen (secondary N) is 1. The van der Waals surface area contributed by atoms with E-state index < -0.39 is 36.2 Å². The van der Waals surface area contributed by atoms with Crippen molar-refractivity contribution in [2.24, 2.45) is 4.99 Å². The van der Waals surface area contributed by atoms with Gasteiger partial charge >= 0.3 is 0 Å². The summed E-state index contributed by atoms with van der Waals surface area (Å²) in [5.74, 6) is 1.06. The summed E-state index contributed by atoms with van der Waals surface area (Å²) >= 11 is 1.21. The molecule has 22 heavy (non-hydrogen) atoms. The number of aliphatic imine (C=N–C) groups is 1. The van der Waals surface area contributed by atoms with Gasteiger partial charge in [-0.1, -0.05) is 18.7 Å². The van der Waals surface area contributed by atoms with Crippen molar-refractivity contribution in [3.8, 4) is 0 Å². The Bertz CT molecular complexity index is 582. The smallest absolute Gasteiger partial charge is 0.254 e. The van der Waals surface area contributed by atoms with E-state index in [9.17, 15) is 15.3 Å². The van der Waals surface area contributed by atoms with Gasteiger partial charge in [0.15, 0.2) is 6.23 Å². The van der Waals surface area contributed by atoms with Crippen LogP contribution in [0, 0.1) is 0 Å². The number of thioether (sulfide) groups is 1. The van der Waals surface area contributed by atoms with Crippen LogP contribution in [0.5, 0.6) is 0 Å². The minimum Gasteiger partial charge on any atom is -0.394 e. The SMILES string of the molecule is CCSC1(O)N=CNc2c1ncn2[C@@H]1O[C@H](CO)[C@@H](O)[C@H]1O. The van der Waals surface area contributed by atoms with Crippen LogP contribution in [0.2, 0.25) is 0 Å². The number of nitrogens with zero attached hydrogens (tertiary/aromatic N) is 3. The van der Waals surface area contributed by atoms with Gasteiger partial charge in [0.1, 0.15) is 29.8 Å². The van der Waals surface area contributed by atoms with Crippen LogP contribution < -0.4 is 5.32 Å². The maximum atomic E-state index is 10.6. The Morgan fingerprint density at radius 3 is 2.86 bits per heavy atom. The number of aliphatic hydroxyl groups excluding tert-OH is 3. The zero-order valence-corrected chi connectivity index (χ0v) is 12.6. The van der Waals surface area contributed by atoms with Crippen LogP contribution in [0.1, 0.15) is 18.8 Å². The quantitative estimate of drug-likeness (QED) is 0.435. The molecule has 3 rings (SSSR count). The van der Waals surface area contributed by atoms with Crippen LogP contribution in [-0.4, -0.2) is 67.0 Å². The van der Waals surface area contributed by atoms with Gasteiger partial charge in [0.25, 0.3) is 5.06 Å².